The first kappa shape index (κ1) is 21.9. The molecule has 7 nitrogen and oxygen atoms in total. The molecule has 0 aliphatic carbocycles. The van der Waals surface area contributed by atoms with Crippen LogP contribution in [0.1, 0.15) is 24.5 Å². The van der Waals surface area contributed by atoms with Gasteiger partial charge in [0.2, 0.25) is 5.91 Å². The zero-order valence-corrected chi connectivity index (χ0v) is 19.3. The molecular formula is C25H26N4O3S. The summed E-state index contributed by atoms with van der Waals surface area (Å²) in [6, 6.07) is 17.1. The van der Waals surface area contributed by atoms with Gasteiger partial charge in [-0.3, -0.25) is 14.6 Å². The Bertz CT molecular complexity index is 1110. The van der Waals surface area contributed by atoms with Gasteiger partial charge in [-0.15, -0.1) is 0 Å². The number of hydrogen-bond donors (Lipinski definition) is 0. The maximum Gasteiger partial charge on any atom is 0.259 e. The summed E-state index contributed by atoms with van der Waals surface area (Å²) in [5.74, 6) is 0.601. The number of amides is 2. The Morgan fingerprint density at radius 3 is 2.61 bits per heavy atom. The number of benzene rings is 2. The molecule has 2 aromatic rings. The monoisotopic (exact) mass is 462 g/mol. The van der Waals surface area contributed by atoms with Gasteiger partial charge in [0.15, 0.2) is 5.17 Å². The Labute approximate surface area is 197 Å². The average Bonchev–Trinajstić information content (AvgIpc) is 3.19. The molecule has 2 atom stereocenters. The number of amidine groups is 2. The number of para-hydroxylation sites is 1. The number of ether oxygens (including phenoxy) is 1. The first-order chi connectivity index (χ1) is 16.2. The van der Waals surface area contributed by atoms with E-state index in [9.17, 15) is 9.59 Å². The molecule has 3 heterocycles. The van der Waals surface area contributed by atoms with Crippen LogP contribution >= 0.6 is 11.8 Å². The second kappa shape index (κ2) is 9.49. The molecule has 0 saturated carbocycles. The molecule has 2 aromatic carbocycles. The zero-order chi connectivity index (χ0) is 22.8. The van der Waals surface area contributed by atoms with Gasteiger partial charge in [-0.2, -0.15) is 0 Å². The number of carbonyl (C=O) groups excluding carboxylic acids is 2. The number of carbonyl (C=O) groups is 2. The fraction of sp³-hybridized carbons (Fsp3) is 0.360. The van der Waals surface area contributed by atoms with Gasteiger partial charge in [-0.05, 0) is 24.1 Å². The summed E-state index contributed by atoms with van der Waals surface area (Å²) in [6.45, 7) is 4.30. The van der Waals surface area contributed by atoms with Crippen LogP contribution in [0.2, 0.25) is 0 Å². The fourth-order valence-electron chi connectivity index (χ4n) is 4.27. The van der Waals surface area contributed by atoms with Crippen molar-refractivity contribution in [3.05, 3.63) is 65.7 Å². The van der Waals surface area contributed by atoms with Crippen molar-refractivity contribution >= 4 is 40.3 Å². The lowest BCUT2D eigenvalue weighted by molar-refractivity contribution is -0.134. The van der Waals surface area contributed by atoms with E-state index in [1.165, 1.54) is 11.8 Å². The zero-order valence-electron chi connectivity index (χ0n) is 18.5. The van der Waals surface area contributed by atoms with E-state index in [4.69, 9.17) is 14.7 Å². The van der Waals surface area contributed by atoms with Crippen LogP contribution < -0.4 is 0 Å². The van der Waals surface area contributed by atoms with E-state index in [0.717, 1.165) is 16.8 Å². The van der Waals surface area contributed by atoms with Crippen molar-refractivity contribution in [3.8, 4) is 0 Å². The standard InChI is InChI=1S/C25H26N4O3S/c1-2-21(24(31)28-12-14-32-15-13-28)33-25-27-19-11-7-6-10-18(19)22-26-20(23(30)29(22)25)16-17-8-4-3-5-9-17/h3-11,20-21H,2,12-16H2,1H3. The number of nitrogens with zero attached hydrogens (tertiary/aromatic N) is 4. The summed E-state index contributed by atoms with van der Waals surface area (Å²) in [7, 11) is 0. The number of fused-ring (bicyclic) bond motifs is 3. The molecule has 5 rings (SSSR count). The third-order valence-corrected chi connectivity index (χ3v) is 7.34. The van der Waals surface area contributed by atoms with E-state index in [0.29, 0.717) is 50.1 Å². The molecule has 0 bridgehead atoms. The predicted octanol–water partition coefficient (Wildman–Crippen LogP) is 3.26. The average molecular weight is 463 g/mol. The molecular weight excluding hydrogens is 436 g/mol. The first-order valence-corrected chi connectivity index (χ1v) is 12.2. The molecule has 33 heavy (non-hydrogen) atoms. The number of aliphatic imine (C=N–C) groups is 2. The number of thioether (sulfide) groups is 1. The van der Waals surface area contributed by atoms with Gasteiger partial charge in [-0.25, -0.2) is 9.89 Å². The van der Waals surface area contributed by atoms with Gasteiger partial charge in [-0.1, -0.05) is 61.2 Å². The molecule has 0 spiro atoms. The van der Waals surface area contributed by atoms with E-state index in [-0.39, 0.29) is 17.1 Å². The smallest absolute Gasteiger partial charge is 0.259 e. The van der Waals surface area contributed by atoms with Crippen LogP contribution in [-0.2, 0) is 20.7 Å². The van der Waals surface area contributed by atoms with Gasteiger partial charge in [0.1, 0.15) is 11.9 Å². The van der Waals surface area contributed by atoms with Crippen molar-refractivity contribution < 1.29 is 14.3 Å². The van der Waals surface area contributed by atoms with E-state index in [1.54, 1.807) is 4.90 Å². The lowest BCUT2D eigenvalue weighted by Crippen LogP contribution is -2.46. The Hall–Kier alpha value is -2.97. The summed E-state index contributed by atoms with van der Waals surface area (Å²) in [5, 5.41) is 0.204. The molecule has 1 fully saturated rings. The molecule has 8 heteroatoms. The first-order valence-electron chi connectivity index (χ1n) is 11.3. The van der Waals surface area contributed by atoms with Crippen molar-refractivity contribution in [2.24, 2.45) is 9.98 Å². The number of hydrogen-bond acceptors (Lipinski definition) is 6. The Kier molecular flexibility index (Phi) is 6.28. The SMILES string of the molecule is CCC(SC1=Nc2ccccc2C2=NC(Cc3ccccc3)C(=O)N12)C(=O)N1CCOCC1. The van der Waals surface area contributed by atoms with Crippen molar-refractivity contribution in [1.82, 2.24) is 9.80 Å². The summed E-state index contributed by atoms with van der Waals surface area (Å²) in [4.78, 5) is 39.8. The van der Waals surface area contributed by atoms with Gasteiger partial charge >= 0.3 is 0 Å². The van der Waals surface area contributed by atoms with E-state index in [1.807, 2.05) is 66.4 Å². The van der Waals surface area contributed by atoms with E-state index >= 15 is 0 Å². The lowest BCUT2D eigenvalue weighted by atomic mass is 10.1. The molecule has 0 radical (unpaired) electrons. The predicted molar refractivity (Wildman–Crippen MR) is 130 cm³/mol. The highest BCUT2D eigenvalue weighted by Gasteiger charge is 2.42. The normalized spacial score (nSPS) is 20.6. The van der Waals surface area contributed by atoms with Crippen LogP contribution in [0.3, 0.4) is 0 Å². The van der Waals surface area contributed by atoms with Crippen molar-refractivity contribution in [2.75, 3.05) is 26.3 Å². The highest BCUT2D eigenvalue weighted by molar-refractivity contribution is 8.15. The van der Waals surface area contributed by atoms with Gasteiger partial charge in [0.25, 0.3) is 5.91 Å². The fourth-order valence-corrected chi connectivity index (χ4v) is 5.38. The van der Waals surface area contributed by atoms with E-state index < -0.39 is 6.04 Å². The molecule has 0 aromatic heterocycles. The largest absolute Gasteiger partial charge is 0.378 e. The third kappa shape index (κ3) is 4.32. The maximum atomic E-state index is 13.5. The maximum absolute atomic E-state index is 13.5. The molecule has 1 saturated heterocycles. The van der Waals surface area contributed by atoms with Crippen LogP contribution in [0.15, 0.2) is 64.6 Å². The molecule has 170 valence electrons. The lowest BCUT2D eigenvalue weighted by Gasteiger charge is -2.31. The van der Waals surface area contributed by atoms with E-state index in [2.05, 4.69) is 0 Å². The van der Waals surface area contributed by atoms with Crippen LogP contribution in [0.4, 0.5) is 5.69 Å². The number of rotatable bonds is 5. The molecule has 2 amide bonds. The van der Waals surface area contributed by atoms with Crippen LogP contribution in [-0.4, -0.2) is 70.2 Å². The quantitative estimate of drug-likeness (QED) is 0.684. The minimum Gasteiger partial charge on any atom is -0.378 e. The molecule has 0 N–H and O–H groups in total. The minimum atomic E-state index is -0.505. The van der Waals surface area contributed by atoms with Crippen molar-refractivity contribution in [3.63, 3.8) is 0 Å². The third-order valence-electron chi connectivity index (χ3n) is 6.04. The van der Waals surface area contributed by atoms with Gasteiger partial charge in [0, 0.05) is 25.1 Å². The highest BCUT2D eigenvalue weighted by atomic mass is 32.2. The number of morpholine rings is 1. The van der Waals surface area contributed by atoms with Crippen LogP contribution in [0, 0.1) is 0 Å². The van der Waals surface area contributed by atoms with Crippen LogP contribution in [0.25, 0.3) is 0 Å². The second-order valence-corrected chi connectivity index (χ2v) is 9.37. The molecule has 3 aliphatic rings. The summed E-state index contributed by atoms with van der Waals surface area (Å²) in [6.07, 6.45) is 1.17. The Morgan fingerprint density at radius 2 is 1.85 bits per heavy atom. The topological polar surface area (TPSA) is 74.6 Å². The molecule has 3 aliphatic heterocycles. The second-order valence-electron chi connectivity index (χ2n) is 8.20. The Balaban J connectivity index is 1.44. The summed E-state index contributed by atoms with van der Waals surface area (Å²) in [5.41, 5.74) is 2.68. The summed E-state index contributed by atoms with van der Waals surface area (Å²) < 4.78 is 5.39. The van der Waals surface area contributed by atoms with Crippen LogP contribution in [0.5, 0.6) is 0 Å². The highest BCUT2D eigenvalue weighted by Crippen LogP contribution is 2.36. The van der Waals surface area contributed by atoms with Gasteiger partial charge in [0.05, 0.1) is 24.2 Å². The molecule has 2 unspecified atom stereocenters. The minimum absolute atomic E-state index is 0.0679. The summed E-state index contributed by atoms with van der Waals surface area (Å²) >= 11 is 1.36. The van der Waals surface area contributed by atoms with Crippen molar-refractivity contribution in [2.45, 2.75) is 31.1 Å². The van der Waals surface area contributed by atoms with Gasteiger partial charge < -0.3 is 9.64 Å². The Morgan fingerprint density at radius 1 is 1.12 bits per heavy atom. The van der Waals surface area contributed by atoms with Crippen molar-refractivity contribution in [1.29, 1.82) is 0 Å².